The number of ether oxygens (including phenoxy) is 1. The van der Waals surface area contributed by atoms with Crippen LogP contribution in [0.2, 0.25) is 0 Å². The molecule has 0 radical (unpaired) electrons. The van der Waals surface area contributed by atoms with Crippen molar-refractivity contribution in [3.63, 3.8) is 0 Å². The van der Waals surface area contributed by atoms with Crippen LogP contribution < -0.4 is 4.90 Å². The molecule has 0 atom stereocenters. The highest BCUT2D eigenvalue weighted by atomic mass is 16.5. The zero-order valence-electron chi connectivity index (χ0n) is 9.22. The van der Waals surface area contributed by atoms with E-state index in [1.807, 2.05) is 12.1 Å². The predicted molar refractivity (Wildman–Crippen MR) is 60.6 cm³/mol. The second-order valence-corrected chi connectivity index (χ2v) is 3.83. The van der Waals surface area contributed by atoms with Crippen LogP contribution in [0.4, 0.5) is 5.69 Å². The molecule has 0 aliphatic carbocycles. The van der Waals surface area contributed by atoms with E-state index < -0.39 is 0 Å². The van der Waals surface area contributed by atoms with Crippen molar-refractivity contribution >= 4 is 11.7 Å². The van der Waals surface area contributed by atoms with Crippen molar-refractivity contribution in [1.29, 1.82) is 0 Å². The fourth-order valence-corrected chi connectivity index (χ4v) is 1.69. The zero-order chi connectivity index (χ0) is 11.5. The molecule has 0 amide bonds. The molecule has 1 aromatic carbocycles. The summed E-state index contributed by atoms with van der Waals surface area (Å²) in [5.41, 5.74) is 1.59. The Labute approximate surface area is 94.4 Å². The van der Waals surface area contributed by atoms with Crippen molar-refractivity contribution in [3.05, 3.63) is 29.8 Å². The Morgan fingerprint density at radius 3 is 2.56 bits per heavy atom. The molecule has 0 bridgehead atoms. The molecule has 1 aliphatic heterocycles. The van der Waals surface area contributed by atoms with Gasteiger partial charge in [0.1, 0.15) is 0 Å². The van der Waals surface area contributed by atoms with Crippen molar-refractivity contribution in [3.8, 4) is 0 Å². The van der Waals surface area contributed by atoms with Crippen LogP contribution in [0.15, 0.2) is 24.3 Å². The molecule has 2 rings (SSSR count). The third-order valence-corrected chi connectivity index (χ3v) is 2.61. The second kappa shape index (κ2) is 4.53. The Hall–Kier alpha value is -1.55. The molecule has 1 heterocycles. The Morgan fingerprint density at radius 1 is 1.44 bits per heavy atom. The lowest BCUT2D eigenvalue weighted by atomic mass is 10.1. The first kappa shape index (κ1) is 11.0. The van der Waals surface area contributed by atoms with Crippen LogP contribution in [0.5, 0.6) is 0 Å². The fraction of sp³-hybridized carbons (Fsp3) is 0.417. The normalized spacial score (nSPS) is 15.8. The Morgan fingerprint density at radius 2 is 2.06 bits per heavy atom. The van der Waals surface area contributed by atoms with Gasteiger partial charge >= 0.3 is 5.97 Å². The van der Waals surface area contributed by atoms with Gasteiger partial charge in [-0.15, -0.1) is 0 Å². The van der Waals surface area contributed by atoms with Crippen LogP contribution in [0.3, 0.4) is 0 Å². The smallest absolute Gasteiger partial charge is 0.338 e. The number of carbonyl (C=O) groups excluding carboxylic acids is 1. The summed E-state index contributed by atoms with van der Waals surface area (Å²) in [5, 5.41) is 9.18. The van der Waals surface area contributed by atoms with E-state index in [2.05, 4.69) is 4.90 Å². The van der Waals surface area contributed by atoms with E-state index in [1.165, 1.54) is 0 Å². The maximum absolute atomic E-state index is 11.4. The maximum Gasteiger partial charge on any atom is 0.338 e. The molecule has 4 heteroatoms. The van der Waals surface area contributed by atoms with Crippen molar-refractivity contribution in [2.24, 2.45) is 0 Å². The Kier molecular flexibility index (Phi) is 3.10. The van der Waals surface area contributed by atoms with Gasteiger partial charge in [0.25, 0.3) is 0 Å². The van der Waals surface area contributed by atoms with Gasteiger partial charge in [-0.05, 0) is 31.2 Å². The molecule has 1 fully saturated rings. The largest absolute Gasteiger partial charge is 0.462 e. The summed E-state index contributed by atoms with van der Waals surface area (Å²) < 4.78 is 4.89. The molecular formula is C12H15NO3. The number of carbonyl (C=O) groups is 1. The van der Waals surface area contributed by atoms with Crippen molar-refractivity contribution in [2.45, 2.75) is 13.0 Å². The topological polar surface area (TPSA) is 49.8 Å². The lowest BCUT2D eigenvalue weighted by Crippen LogP contribution is -2.50. The zero-order valence-corrected chi connectivity index (χ0v) is 9.22. The van der Waals surface area contributed by atoms with E-state index in [0.717, 1.165) is 5.69 Å². The summed E-state index contributed by atoms with van der Waals surface area (Å²) in [5.74, 6) is -0.294. The summed E-state index contributed by atoms with van der Waals surface area (Å²) in [6.45, 7) is 3.50. The van der Waals surface area contributed by atoms with E-state index in [-0.39, 0.29) is 12.1 Å². The number of aliphatic hydroxyl groups excluding tert-OH is 1. The standard InChI is InChI=1S/C12H15NO3/c1-2-16-12(15)9-3-5-10(6-4-9)13-7-11(14)8-13/h3-6,11,14H,2,7-8H2,1H3. The molecule has 4 nitrogen and oxygen atoms in total. The average molecular weight is 221 g/mol. The summed E-state index contributed by atoms with van der Waals surface area (Å²) in [7, 11) is 0. The number of hydrogen-bond acceptors (Lipinski definition) is 4. The van der Waals surface area contributed by atoms with Crippen molar-refractivity contribution in [2.75, 3.05) is 24.6 Å². The van der Waals surface area contributed by atoms with E-state index in [9.17, 15) is 9.90 Å². The summed E-state index contributed by atoms with van der Waals surface area (Å²) in [6.07, 6.45) is -0.218. The van der Waals surface area contributed by atoms with Crippen LogP contribution in [-0.4, -0.2) is 36.9 Å². The first-order valence-electron chi connectivity index (χ1n) is 5.41. The quantitative estimate of drug-likeness (QED) is 0.775. The number of anilines is 1. The van der Waals surface area contributed by atoms with Gasteiger partial charge < -0.3 is 14.7 Å². The predicted octanol–water partition coefficient (Wildman–Crippen LogP) is 1.04. The third-order valence-electron chi connectivity index (χ3n) is 2.61. The average Bonchev–Trinajstić information content (AvgIpc) is 2.25. The SMILES string of the molecule is CCOC(=O)c1ccc(N2CC(O)C2)cc1. The number of aliphatic hydroxyl groups is 1. The Bertz CT molecular complexity index is 368. The minimum atomic E-state index is -0.294. The van der Waals surface area contributed by atoms with Gasteiger partial charge in [-0.3, -0.25) is 0 Å². The maximum atomic E-state index is 11.4. The van der Waals surface area contributed by atoms with Gasteiger partial charge in [-0.2, -0.15) is 0 Å². The molecule has 86 valence electrons. The number of β-amino-alcohol motifs (C(OH)–C–C–N with tert-alkyl or cyclic N) is 1. The molecule has 16 heavy (non-hydrogen) atoms. The van der Waals surface area contributed by atoms with Crippen LogP contribution >= 0.6 is 0 Å². The van der Waals surface area contributed by atoms with Gasteiger partial charge in [0.2, 0.25) is 0 Å². The molecular weight excluding hydrogens is 206 g/mol. The monoisotopic (exact) mass is 221 g/mol. The lowest BCUT2D eigenvalue weighted by Gasteiger charge is -2.37. The van der Waals surface area contributed by atoms with Gasteiger partial charge in [0.15, 0.2) is 0 Å². The Balaban J connectivity index is 2.02. The molecule has 0 aromatic heterocycles. The summed E-state index contributed by atoms with van der Waals surface area (Å²) in [4.78, 5) is 13.4. The van der Waals surface area contributed by atoms with E-state index >= 15 is 0 Å². The molecule has 0 saturated carbocycles. The van der Waals surface area contributed by atoms with Crippen LogP contribution in [0.1, 0.15) is 17.3 Å². The van der Waals surface area contributed by atoms with Crippen molar-refractivity contribution in [1.82, 2.24) is 0 Å². The number of rotatable bonds is 3. The number of benzene rings is 1. The van der Waals surface area contributed by atoms with Crippen molar-refractivity contribution < 1.29 is 14.6 Å². The molecule has 1 N–H and O–H groups in total. The second-order valence-electron chi connectivity index (χ2n) is 3.83. The minimum Gasteiger partial charge on any atom is -0.462 e. The fourth-order valence-electron chi connectivity index (χ4n) is 1.69. The minimum absolute atomic E-state index is 0.218. The highest BCUT2D eigenvalue weighted by Gasteiger charge is 2.24. The number of hydrogen-bond donors (Lipinski definition) is 1. The summed E-state index contributed by atoms with van der Waals surface area (Å²) in [6, 6.07) is 7.24. The van der Waals surface area contributed by atoms with Gasteiger partial charge in [-0.1, -0.05) is 0 Å². The number of nitrogens with zero attached hydrogens (tertiary/aromatic N) is 1. The molecule has 1 aliphatic rings. The van der Waals surface area contributed by atoms with Crippen LogP contribution in [0.25, 0.3) is 0 Å². The molecule has 0 spiro atoms. The van der Waals surface area contributed by atoms with E-state index in [1.54, 1.807) is 19.1 Å². The molecule has 0 unspecified atom stereocenters. The molecule has 1 aromatic rings. The highest BCUT2D eigenvalue weighted by molar-refractivity contribution is 5.89. The van der Waals surface area contributed by atoms with Crippen LogP contribution in [-0.2, 0) is 4.74 Å². The van der Waals surface area contributed by atoms with Gasteiger partial charge in [0, 0.05) is 18.8 Å². The molecule has 1 saturated heterocycles. The highest BCUT2D eigenvalue weighted by Crippen LogP contribution is 2.21. The summed E-state index contributed by atoms with van der Waals surface area (Å²) >= 11 is 0. The van der Waals surface area contributed by atoms with Gasteiger partial charge in [0.05, 0.1) is 18.3 Å². The first-order chi connectivity index (χ1) is 7.70. The van der Waals surface area contributed by atoms with E-state index in [4.69, 9.17) is 4.74 Å². The van der Waals surface area contributed by atoms with Gasteiger partial charge in [-0.25, -0.2) is 4.79 Å². The first-order valence-corrected chi connectivity index (χ1v) is 5.41. The lowest BCUT2D eigenvalue weighted by molar-refractivity contribution is 0.0526. The third kappa shape index (κ3) is 2.17. The van der Waals surface area contributed by atoms with E-state index in [0.29, 0.717) is 25.3 Å². The number of esters is 1. The van der Waals surface area contributed by atoms with Crippen LogP contribution in [0, 0.1) is 0 Å².